The molecule has 390 valence electrons. The van der Waals surface area contributed by atoms with Crippen molar-refractivity contribution in [3.05, 3.63) is 51.2 Å². The summed E-state index contributed by atoms with van der Waals surface area (Å²) < 4.78 is 112. The van der Waals surface area contributed by atoms with Crippen molar-refractivity contribution < 1.29 is 88.9 Å². The molecule has 0 radical (unpaired) electrons. The molecule has 69 heavy (non-hydrogen) atoms. The second kappa shape index (κ2) is 37.6. The van der Waals surface area contributed by atoms with Gasteiger partial charge in [-0.3, -0.25) is 19.2 Å². The van der Waals surface area contributed by atoms with E-state index in [9.17, 15) is 31.9 Å². The van der Waals surface area contributed by atoms with Crippen molar-refractivity contribution in [2.24, 2.45) is 10.7 Å². The Hall–Kier alpha value is -4.18. The molecule has 0 saturated heterocycles. The molecule has 1 aromatic carbocycles. The summed E-state index contributed by atoms with van der Waals surface area (Å²) in [7, 11) is 0. The summed E-state index contributed by atoms with van der Waals surface area (Å²) in [6, 6.07) is 1.88. The molecule has 2 aromatic rings. The Morgan fingerprint density at radius 3 is 1.61 bits per heavy atom. The number of benzene rings is 1. The summed E-state index contributed by atoms with van der Waals surface area (Å²) in [6.45, 7) is 9.74. The first-order valence-electron chi connectivity index (χ1n) is 22.7. The smallest absolute Gasteiger partial charge is 0.313 e. The topological polar surface area (TPSA) is 216 Å². The first-order valence-corrected chi connectivity index (χ1v) is 23.6. The van der Waals surface area contributed by atoms with Crippen LogP contribution in [0.2, 0.25) is 0 Å². The van der Waals surface area contributed by atoms with Gasteiger partial charge < -0.3 is 63.2 Å². The van der Waals surface area contributed by atoms with Crippen LogP contribution in [0.4, 0.5) is 23.2 Å². The van der Waals surface area contributed by atoms with Crippen LogP contribution in [0.15, 0.2) is 28.1 Å². The van der Waals surface area contributed by atoms with E-state index in [1.54, 1.807) is 0 Å². The Kier molecular flexibility index (Phi) is 32.2. The standard InChI is InChI=1S/C45H66F4N4O15S/c1-2-8-53(45(56)34-31-38-37(6-30-69-38)52-39(50)32-34)67-9-3-4-40(54)51-7-11-58-13-15-60-17-19-62-21-23-64-25-27-66-29-28-65-26-24-63-22-20-61-18-16-59-14-12-57-10-5-41(55)68-44-42(48)35(46)33-36(47)43(44)49/h6,30-31,33H,2-5,7-29,32H2,1H3,(H2,50,52)(H,51,54). The van der Waals surface area contributed by atoms with Gasteiger partial charge in [0.15, 0.2) is 11.6 Å². The molecule has 0 spiro atoms. The number of halogens is 4. The highest BCUT2D eigenvalue weighted by Gasteiger charge is 2.24. The summed E-state index contributed by atoms with van der Waals surface area (Å²) in [5.74, 6) is -9.54. The van der Waals surface area contributed by atoms with Crippen molar-refractivity contribution in [2.75, 3.05) is 152 Å². The Morgan fingerprint density at radius 1 is 0.667 bits per heavy atom. The molecule has 3 N–H and O–H groups in total. The van der Waals surface area contributed by atoms with Crippen LogP contribution in [0, 0.1) is 23.3 Å². The summed E-state index contributed by atoms with van der Waals surface area (Å²) >= 11 is 1.49. The molecule has 2 heterocycles. The summed E-state index contributed by atoms with van der Waals surface area (Å²) in [5, 5.41) is 6.06. The maximum Gasteiger partial charge on any atom is 0.313 e. The second-order valence-corrected chi connectivity index (χ2v) is 15.4. The minimum atomic E-state index is -1.80. The number of fused-ring (bicyclic) bond motifs is 1. The lowest BCUT2D eigenvalue weighted by Crippen LogP contribution is -2.34. The number of nitrogens with one attached hydrogen (secondary N) is 1. The van der Waals surface area contributed by atoms with E-state index in [0.717, 1.165) is 10.6 Å². The number of hydroxylamine groups is 2. The van der Waals surface area contributed by atoms with E-state index in [1.807, 2.05) is 24.4 Å². The van der Waals surface area contributed by atoms with E-state index in [-0.39, 0.29) is 63.8 Å². The number of ether oxygens (including phenoxy) is 11. The fourth-order valence-electron chi connectivity index (χ4n) is 5.64. The van der Waals surface area contributed by atoms with Crippen molar-refractivity contribution in [3.8, 4) is 5.75 Å². The van der Waals surface area contributed by atoms with Gasteiger partial charge >= 0.3 is 5.97 Å². The third-order valence-electron chi connectivity index (χ3n) is 8.99. The molecule has 24 heteroatoms. The summed E-state index contributed by atoms with van der Waals surface area (Å²) in [5.41, 5.74) is 7.30. The highest BCUT2D eigenvalue weighted by atomic mass is 32.1. The number of nitrogens with zero attached hydrogens (tertiary/aromatic N) is 2. The van der Waals surface area contributed by atoms with Crippen LogP contribution in [-0.2, 0) is 66.6 Å². The molecule has 19 nitrogen and oxygen atoms in total. The van der Waals surface area contributed by atoms with Crippen LogP contribution >= 0.6 is 11.3 Å². The number of carbonyl (C=O) groups is 3. The second-order valence-electron chi connectivity index (χ2n) is 14.5. The number of esters is 1. The van der Waals surface area contributed by atoms with Crippen molar-refractivity contribution in [1.29, 1.82) is 0 Å². The predicted octanol–water partition coefficient (Wildman–Crippen LogP) is 4.31. The predicted molar refractivity (Wildman–Crippen MR) is 243 cm³/mol. The molecule has 0 unspecified atom stereocenters. The quantitative estimate of drug-likeness (QED) is 0.0237. The van der Waals surface area contributed by atoms with E-state index < -0.39 is 41.4 Å². The zero-order valence-corrected chi connectivity index (χ0v) is 39.9. The number of carbonyl (C=O) groups excluding carboxylic acids is 3. The lowest BCUT2D eigenvalue weighted by Gasteiger charge is -2.22. The van der Waals surface area contributed by atoms with Gasteiger partial charge in [0.05, 0.1) is 156 Å². The van der Waals surface area contributed by atoms with E-state index in [2.05, 4.69) is 15.0 Å². The van der Waals surface area contributed by atoms with Gasteiger partial charge in [0, 0.05) is 37.6 Å². The first-order chi connectivity index (χ1) is 33.6. The molecular formula is C45H66F4N4O15S. The van der Waals surface area contributed by atoms with Gasteiger partial charge in [-0.1, -0.05) is 6.92 Å². The molecular weight excluding hydrogens is 945 g/mol. The number of amidine groups is 1. The summed E-state index contributed by atoms with van der Waals surface area (Å²) in [6.07, 6.45) is 3.06. The lowest BCUT2D eigenvalue weighted by atomic mass is 10.1. The maximum absolute atomic E-state index is 13.6. The van der Waals surface area contributed by atoms with Crippen LogP contribution in [0.1, 0.15) is 43.9 Å². The monoisotopic (exact) mass is 1010 g/mol. The molecule has 2 amide bonds. The third kappa shape index (κ3) is 26.6. The Morgan fingerprint density at radius 2 is 1.13 bits per heavy atom. The Labute approximate surface area is 403 Å². The normalized spacial score (nSPS) is 12.4. The number of hydrogen-bond donors (Lipinski definition) is 2. The fourth-order valence-corrected chi connectivity index (χ4v) is 6.43. The average molecular weight is 1010 g/mol. The minimum Gasteiger partial charge on any atom is -0.420 e. The molecule has 1 aromatic heterocycles. The number of hydrogen-bond acceptors (Lipinski definition) is 18. The largest absolute Gasteiger partial charge is 0.420 e. The van der Waals surface area contributed by atoms with Gasteiger partial charge in [-0.05, 0) is 30.4 Å². The zero-order chi connectivity index (χ0) is 49.7. The highest BCUT2D eigenvalue weighted by Crippen LogP contribution is 2.31. The zero-order valence-electron chi connectivity index (χ0n) is 39.1. The summed E-state index contributed by atoms with van der Waals surface area (Å²) in [4.78, 5) is 48.2. The van der Waals surface area contributed by atoms with Crippen molar-refractivity contribution in [1.82, 2.24) is 10.4 Å². The molecule has 0 aliphatic carbocycles. The van der Waals surface area contributed by atoms with Gasteiger partial charge in [0.2, 0.25) is 23.3 Å². The number of amides is 2. The molecule has 0 saturated carbocycles. The molecule has 1 aliphatic rings. The van der Waals surface area contributed by atoms with Crippen LogP contribution < -0.4 is 15.8 Å². The number of thiophene rings is 1. The van der Waals surface area contributed by atoms with Gasteiger partial charge in [0.25, 0.3) is 5.91 Å². The van der Waals surface area contributed by atoms with Crippen LogP contribution in [0.25, 0.3) is 6.08 Å². The van der Waals surface area contributed by atoms with Crippen molar-refractivity contribution >= 4 is 46.7 Å². The maximum atomic E-state index is 13.6. The van der Waals surface area contributed by atoms with Crippen molar-refractivity contribution in [2.45, 2.75) is 39.0 Å². The van der Waals surface area contributed by atoms with Crippen LogP contribution in [0.3, 0.4) is 0 Å². The lowest BCUT2D eigenvalue weighted by molar-refractivity contribution is -0.182. The minimum absolute atomic E-state index is 0.0142. The molecule has 0 atom stereocenters. The van der Waals surface area contributed by atoms with Crippen LogP contribution in [-0.4, -0.2) is 181 Å². The van der Waals surface area contributed by atoms with E-state index in [0.29, 0.717) is 143 Å². The molecule has 0 bridgehead atoms. The molecule has 3 rings (SSSR count). The van der Waals surface area contributed by atoms with Gasteiger partial charge in [0.1, 0.15) is 5.84 Å². The number of aliphatic imine (C=N–C) groups is 1. The number of rotatable bonds is 42. The van der Waals surface area contributed by atoms with Gasteiger partial charge in [-0.15, -0.1) is 11.3 Å². The molecule has 1 aliphatic heterocycles. The van der Waals surface area contributed by atoms with Crippen LogP contribution in [0.5, 0.6) is 5.75 Å². The average Bonchev–Trinajstić information content (AvgIpc) is 3.70. The van der Waals surface area contributed by atoms with Gasteiger partial charge in [-0.2, -0.15) is 8.78 Å². The van der Waals surface area contributed by atoms with E-state index >= 15 is 0 Å². The highest BCUT2D eigenvalue weighted by molar-refractivity contribution is 7.11. The Balaban J connectivity index is 0.964. The van der Waals surface area contributed by atoms with E-state index in [1.165, 1.54) is 16.4 Å². The molecule has 0 fully saturated rings. The Bertz CT molecular complexity index is 1800. The number of nitrogens with two attached hydrogens (primary N) is 1. The van der Waals surface area contributed by atoms with E-state index in [4.69, 9.17) is 57.9 Å². The SMILES string of the molecule is CCCN(OCCCC(=O)NCCOCCOCCOCCOCCOCCOCCOCCOCCOCCOCCC(=O)Oc1c(F)c(F)cc(F)c1F)C(=O)C1=Cc2sccc2N=C(N)C1. The first kappa shape index (κ1) is 59.1. The van der Waals surface area contributed by atoms with Crippen molar-refractivity contribution in [3.63, 3.8) is 0 Å². The fraction of sp³-hybridized carbons (Fsp3) is 0.644. The van der Waals surface area contributed by atoms with Gasteiger partial charge in [-0.25, -0.2) is 18.8 Å². The third-order valence-corrected chi connectivity index (χ3v) is 9.85.